The normalized spacial score (nSPS) is 10.9. The summed E-state index contributed by atoms with van der Waals surface area (Å²) in [4.78, 5) is 23.2. The summed E-state index contributed by atoms with van der Waals surface area (Å²) in [6, 6.07) is 5.27. The van der Waals surface area contributed by atoms with Crippen molar-refractivity contribution in [1.29, 1.82) is 0 Å². The Morgan fingerprint density at radius 2 is 2.24 bits per heavy atom. The third-order valence-corrected chi connectivity index (χ3v) is 3.67. The summed E-state index contributed by atoms with van der Waals surface area (Å²) in [5, 5.41) is 8.68. The van der Waals surface area contributed by atoms with Crippen molar-refractivity contribution in [2.24, 2.45) is 7.05 Å². The van der Waals surface area contributed by atoms with Crippen molar-refractivity contribution < 1.29 is 9.90 Å². The van der Waals surface area contributed by atoms with Gasteiger partial charge in [0, 0.05) is 25.6 Å². The van der Waals surface area contributed by atoms with E-state index in [1.54, 1.807) is 29.8 Å². The SMILES string of the molecule is Cn1c(=O)sc2cc(C(=O)CCCO)ccc21. The van der Waals surface area contributed by atoms with Crippen LogP contribution in [0.3, 0.4) is 0 Å². The van der Waals surface area contributed by atoms with Crippen LogP contribution >= 0.6 is 11.3 Å². The van der Waals surface area contributed by atoms with Gasteiger partial charge in [0.15, 0.2) is 5.78 Å². The minimum atomic E-state index is -0.0278. The highest BCUT2D eigenvalue weighted by Crippen LogP contribution is 2.19. The molecule has 0 atom stereocenters. The van der Waals surface area contributed by atoms with Gasteiger partial charge in [-0.15, -0.1) is 0 Å². The van der Waals surface area contributed by atoms with Crippen molar-refractivity contribution in [3.05, 3.63) is 33.4 Å². The van der Waals surface area contributed by atoms with Crippen LogP contribution in [0.1, 0.15) is 23.2 Å². The van der Waals surface area contributed by atoms with E-state index in [0.717, 1.165) is 21.6 Å². The van der Waals surface area contributed by atoms with Crippen molar-refractivity contribution in [1.82, 2.24) is 4.57 Å². The molecule has 0 radical (unpaired) electrons. The molecule has 0 aliphatic carbocycles. The van der Waals surface area contributed by atoms with Crippen LogP contribution in [0.4, 0.5) is 0 Å². The van der Waals surface area contributed by atoms with Gasteiger partial charge in [0.1, 0.15) is 0 Å². The minimum Gasteiger partial charge on any atom is -0.396 e. The van der Waals surface area contributed by atoms with Gasteiger partial charge in [-0.1, -0.05) is 11.3 Å². The predicted molar refractivity (Wildman–Crippen MR) is 67.7 cm³/mol. The van der Waals surface area contributed by atoms with Crippen LogP contribution in [0.15, 0.2) is 23.0 Å². The Morgan fingerprint density at radius 1 is 1.47 bits per heavy atom. The van der Waals surface area contributed by atoms with Crippen LogP contribution in [-0.4, -0.2) is 22.1 Å². The van der Waals surface area contributed by atoms with Crippen molar-refractivity contribution in [2.45, 2.75) is 12.8 Å². The molecule has 0 aliphatic heterocycles. The number of benzene rings is 1. The van der Waals surface area contributed by atoms with E-state index in [-0.39, 0.29) is 17.3 Å². The molecule has 2 aromatic rings. The summed E-state index contributed by atoms with van der Waals surface area (Å²) in [5.74, 6) is 0.00412. The van der Waals surface area contributed by atoms with Gasteiger partial charge in [-0.3, -0.25) is 9.59 Å². The van der Waals surface area contributed by atoms with Gasteiger partial charge >= 0.3 is 4.87 Å². The van der Waals surface area contributed by atoms with Crippen LogP contribution in [0.25, 0.3) is 10.2 Å². The Hall–Kier alpha value is -1.46. The minimum absolute atomic E-state index is 0.00412. The zero-order valence-corrected chi connectivity index (χ0v) is 10.3. The topological polar surface area (TPSA) is 59.3 Å². The molecule has 0 amide bonds. The number of rotatable bonds is 4. The molecule has 0 saturated carbocycles. The Balaban J connectivity index is 2.38. The largest absolute Gasteiger partial charge is 0.396 e. The smallest absolute Gasteiger partial charge is 0.307 e. The molecule has 1 aromatic carbocycles. The van der Waals surface area contributed by atoms with Crippen molar-refractivity contribution in [3.63, 3.8) is 0 Å². The highest BCUT2D eigenvalue weighted by molar-refractivity contribution is 7.16. The van der Waals surface area contributed by atoms with Gasteiger partial charge in [-0.25, -0.2) is 0 Å². The van der Waals surface area contributed by atoms with Gasteiger partial charge in [-0.2, -0.15) is 0 Å². The number of aryl methyl sites for hydroxylation is 1. The molecule has 1 N–H and O–H groups in total. The molecule has 0 unspecified atom stereocenters. The molecule has 1 aromatic heterocycles. The fraction of sp³-hybridized carbons (Fsp3) is 0.333. The molecule has 0 bridgehead atoms. The van der Waals surface area contributed by atoms with Crippen molar-refractivity contribution in [3.8, 4) is 0 Å². The zero-order valence-electron chi connectivity index (χ0n) is 9.47. The summed E-state index contributed by atoms with van der Waals surface area (Å²) < 4.78 is 2.40. The fourth-order valence-electron chi connectivity index (χ4n) is 1.69. The van der Waals surface area contributed by atoms with Crippen LogP contribution in [0.5, 0.6) is 0 Å². The number of carbonyl (C=O) groups excluding carboxylic acids is 1. The zero-order chi connectivity index (χ0) is 12.4. The number of nitrogens with zero attached hydrogens (tertiary/aromatic N) is 1. The lowest BCUT2D eigenvalue weighted by Crippen LogP contribution is -2.06. The molecule has 90 valence electrons. The van der Waals surface area contributed by atoms with Gasteiger partial charge in [-0.05, 0) is 24.6 Å². The lowest BCUT2D eigenvalue weighted by molar-refractivity contribution is 0.0971. The quantitative estimate of drug-likeness (QED) is 0.839. The fourth-order valence-corrected chi connectivity index (χ4v) is 2.61. The Bertz CT molecular complexity index is 612. The summed E-state index contributed by atoms with van der Waals surface area (Å²) in [5.41, 5.74) is 1.45. The number of Topliss-reactive ketones (excluding diaryl/α,β-unsaturated/α-hetero) is 1. The third-order valence-electron chi connectivity index (χ3n) is 2.68. The second-order valence-corrected chi connectivity index (χ2v) is 4.85. The number of aliphatic hydroxyl groups is 1. The number of aromatic nitrogens is 1. The van der Waals surface area contributed by atoms with Gasteiger partial charge in [0.25, 0.3) is 0 Å². The van der Waals surface area contributed by atoms with Crippen molar-refractivity contribution in [2.75, 3.05) is 6.61 Å². The molecule has 0 aliphatic rings. The molecule has 0 spiro atoms. The lowest BCUT2D eigenvalue weighted by Gasteiger charge is -2.00. The first kappa shape index (κ1) is 12.0. The molecule has 5 heteroatoms. The second-order valence-electron chi connectivity index (χ2n) is 3.86. The molecular formula is C12H13NO3S. The highest BCUT2D eigenvalue weighted by Gasteiger charge is 2.09. The van der Waals surface area contributed by atoms with E-state index in [1.165, 1.54) is 0 Å². The van der Waals surface area contributed by atoms with Crippen LogP contribution in [0, 0.1) is 0 Å². The molecule has 17 heavy (non-hydrogen) atoms. The molecule has 4 nitrogen and oxygen atoms in total. The van der Waals surface area contributed by atoms with E-state index in [1.807, 2.05) is 0 Å². The van der Waals surface area contributed by atoms with E-state index in [2.05, 4.69) is 0 Å². The average Bonchev–Trinajstić information content (AvgIpc) is 2.61. The molecule has 1 heterocycles. The van der Waals surface area contributed by atoms with E-state index < -0.39 is 0 Å². The molecule has 2 rings (SSSR count). The number of hydrogen-bond acceptors (Lipinski definition) is 4. The third kappa shape index (κ3) is 2.30. The van der Waals surface area contributed by atoms with E-state index in [9.17, 15) is 9.59 Å². The van der Waals surface area contributed by atoms with E-state index in [0.29, 0.717) is 18.4 Å². The van der Waals surface area contributed by atoms with Crippen LogP contribution in [0.2, 0.25) is 0 Å². The standard InChI is InChI=1S/C12H13NO3S/c1-13-9-5-4-8(10(15)3-2-6-14)7-11(9)17-12(13)16/h4-5,7,14H,2-3,6H2,1H3. The van der Waals surface area contributed by atoms with E-state index in [4.69, 9.17) is 5.11 Å². The van der Waals surface area contributed by atoms with Gasteiger partial charge in [0.05, 0.1) is 10.2 Å². The van der Waals surface area contributed by atoms with Gasteiger partial charge in [0.2, 0.25) is 0 Å². The Morgan fingerprint density at radius 3 is 2.94 bits per heavy atom. The summed E-state index contributed by atoms with van der Waals surface area (Å²) in [6.07, 6.45) is 0.811. The first-order chi connectivity index (χ1) is 8.13. The first-order valence-electron chi connectivity index (χ1n) is 5.37. The maximum absolute atomic E-state index is 11.7. The second kappa shape index (κ2) is 4.81. The molecule has 0 fully saturated rings. The van der Waals surface area contributed by atoms with E-state index >= 15 is 0 Å². The summed E-state index contributed by atoms with van der Waals surface area (Å²) in [7, 11) is 1.72. The maximum atomic E-state index is 11.7. The van der Waals surface area contributed by atoms with Crippen LogP contribution < -0.4 is 4.87 Å². The summed E-state index contributed by atoms with van der Waals surface area (Å²) >= 11 is 1.14. The predicted octanol–water partition coefficient (Wildman–Crippen LogP) is 1.56. The molecular weight excluding hydrogens is 238 g/mol. The van der Waals surface area contributed by atoms with Crippen molar-refractivity contribution >= 4 is 27.3 Å². The summed E-state index contributed by atoms with van der Waals surface area (Å²) in [6.45, 7) is 0.0205. The number of hydrogen-bond donors (Lipinski definition) is 1. The monoisotopic (exact) mass is 251 g/mol. The van der Waals surface area contributed by atoms with Crippen LogP contribution in [-0.2, 0) is 7.05 Å². The maximum Gasteiger partial charge on any atom is 0.307 e. The Labute approximate surface area is 102 Å². The number of thiazole rings is 1. The average molecular weight is 251 g/mol. The number of fused-ring (bicyclic) bond motifs is 1. The molecule has 0 saturated heterocycles. The lowest BCUT2D eigenvalue weighted by atomic mass is 10.1. The first-order valence-corrected chi connectivity index (χ1v) is 6.19. The number of ketones is 1. The Kier molecular flexibility index (Phi) is 3.40. The number of carbonyl (C=O) groups is 1. The highest BCUT2D eigenvalue weighted by atomic mass is 32.1. The van der Waals surface area contributed by atoms with Gasteiger partial charge < -0.3 is 9.67 Å². The number of aliphatic hydroxyl groups excluding tert-OH is 1.